The number of ether oxygens (including phenoxy) is 2. The lowest BCUT2D eigenvalue weighted by Crippen LogP contribution is -2.34. The largest absolute Gasteiger partial charge is 0.349 e. The molecule has 0 aliphatic rings. The molecular formula is C13H21NO2. The standard InChI is InChI=1S/C13H21NO2/c1-4-14-11-10-13(15-2,16-3)12-8-6-5-7-9-12/h5-9,14H,4,10-11H2,1-3H3. The molecule has 3 nitrogen and oxygen atoms in total. The highest BCUT2D eigenvalue weighted by Crippen LogP contribution is 2.29. The van der Waals surface area contributed by atoms with Gasteiger partial charge in [0.25, 0.3) is 0 Å². The number of nitrogens with one attached hydrogen (secondary N) is 1. The summed E-state index contributed by atoms with van der Waals surface area (Å²) in [6.07, 6.45) is 0.790. The maximum absolute atomic E-state index is 5.56. The lowest BCUT2D eigenvalue weighted by atomic mass is 10.0. The van der Waals surface area contributed by atoms with Crippen molar-refractivity contribution in [1.29, 1.82) is 0 Å². The quantitative estimate of drug-likeness (QED) is 0.567. The van der Waals surface area contributed by atoms with Crippen LogP contribution in [-0.2, 0) is 15.3 Å². The number of methoxy groups -OCH3 is 2. The molecule has 0 aliphatic carbocycles. The Morgan fingerprint density at radius 1 is 1.12 bits per heavy atom. The summed E-state index contributed by atoms with van der Waals surface area (Å²) < 4.78 is 11.1. The predicted octanol–water partition coefficient (Wildman–Crippen LogP) is 2.13. The van der Waals surface area contributed by atoms with Gasteiger partial charge in [-0.25, -0.2) is 0 Å². The van der Waals surface area contributed by atoms with Crippen LogP contribution in [0.3, 0.4) is 0 Å². The van der Waals surface area contributed by atoms with Crippen LogP contribution >= 0.6 is 0 Å². The molecule has 0 aromatic heterocycles. The van der Waals surface area contributed by atoms with E-state index in [2.05, 4.69) is 12.2 Å². The first-order chi connectivity index (χ1) is 7.79. The minimum Gasteiger partial charge on any atom is -0.349 e. The van der Waals surface area contributed by atoms with Gasteiger partial charge in [0.15, 0.2) is 5.79 Å². The molecule has 0 fully saturated rings. The molecule has 1 rings (SSSR count). The lowest BCUT2D eigenvalue weighted by molar-refractivity contribution is -0.219. The van der Waals surface area contributed by atoms with Crippen LogP contribution in [0.15, 0.2) is 30.3 Å². The van der Waals surface area contributed by atoms with Crippen molar-refractivity contribution in [1.82, 2.24) is 5.32 Å². The van der Waals surface area contributed by atoms with E-state index in [1.807, 2.05) is 30.3 Å². The van der Waals surface area contributed by atoms with E-state index < -0.39 is 5.79 Å². The van der Waals surface area contributed by atoms with Gasteiger partial charge in [-0.05, 0) is 6.54 Å². The molecular weight excluding hydrogens is 202 g/mol. The Labute approximate surface area is 97.8 Å². The van der Waals surface area contributed by atoms with Crippen molar-refractivity contribution in [3.8, 4) is 0 Å². The molecule has 0 unspecified atom stereocenters. The van der Waals surface area contributed by atoms with Crippen LogP contribution in [0, 0.1) is 0 Å². The summed E-state index contributed by atoms with van der Waals surface area (Å²) in [7, 11) is 3.37. The second-order valence-corrected chi connectivity index (χ2v) is 3.63. The maximum atomic E-state index is 5.56. The molecule has 0 saturated heterocycles. The molecule has 0 saturated carbocycles. The fourth-order valence-electron chi connectivity index (χ4n) is 1.79. The molecule has 1 aromatic carbocycles. The van der Waals surface area contributed by atoms with Gasteiger partial charge in [0, 0.05) is 32.7 Å². The second-order valence-electron chi connectivity index (χ2n) is 3.63. The number of hydrogen-bond donors (Lipinski definition) is 1. The zero-order chi connectivity index (χ0) is 11.9. The first kappa shape index (κ1) is 13.2. The highest BCUT2D eigenvalue weighted by molar-refractivity contribution is 5.20. The van der Waals surface area contributed by atoms with E-state index >= 15 is 0 Å². The van der Waals surface area contributed by atoms with Crippen LogP contribution in [0.2, 0.25) is 0 Å². The summed E-state index contributed by atoms with van der Waals surface area (Å²) in [6, 6.07) is 10.0. The molecule has 0 heterocycles. The third kappa shape index (κ3) is 3.04. The molecule has 0 spiro atoms. The summed E-state index contributed by atoms with van der Waals surface area (Å²) in [6.45, 7) is 3.91. The zero-order valence-corrected chi connectivity index (χ0v) is 10.3. The molecule has 1 N–H and O–H groups in total. The molecule has 0 atom stereocenters. The summed E-state index contributed by atoms with van der Waals surface area (Å²) in [4.78, 5) is 0. The Morgan fingerprint density at radius 2 is 1.75 bits per heavy atom. The third-order valence-corrected chi connectivity index (χ3v) is 2.75. The van der Waals surface area contributed by atoms with Crippen LogP contribution in [0.25, 0.3) is 0 Å². The van der Waals surface area contributed by atoms with Crippen molar-refractivity contribution < 1.29 is 9.47 Å². The smallest absolute Gasteiger partial charge is 0.195 e. The predicted molar refractivity (Wildman–Crippen MR) is 65.3 cm³/mol. The van der Waals surface area contributed by atoms with Crippen LogP contribution in [0.1, 0.15) is 18.9 Å². The SMILES string of the molecule is CCNCCC(OC)(OC)c1ccccc1. The first-order valence-corrected chi connectivity index (χ1v) is 5.65. The van der Waals surface area contributed by atoms with Gasteiger partial charge in [0.1, 0.15) is 0 Å². The van der Waals surface area contributed by atoms with Gasteiger partial charge >= 0.3 is 0 Å². The summed E-state index contributed by atoms with van der Waals surface area (Å²) >= 11 is 0. The van der Waals surface area contributed by atoms with Crippen molar-refractivity contribution in [2.75, 3.05) is 27.3 Å². The van der Waals surface area contributed by atoms with Crippen LogP contribution < -0.4 is 5.32 Å². The van der Waals surface area contributed by atoms with Gasteiger partial charge in [0.2, 0.25) is 0 Å². The van der Waals surface area contributed by atoms with Crippen molar-refractivity contribution >= 4 is 0 Å². The van der Waals surface area contributed by atoms with E-state index in [4.69, 9.17) is 9.47 Å². The number of rotatable bonds is 7. The Balaban J connectivity index is 2.79. The summed E-state index contributed by atoms with van der Waals surface area (Å²) in [5.41, 5.74) is 1.05. The minimum absolute atomic E-state index is 0.635. The monoisotopic (exact) mass is 223 g/mol. The number of hydrogen-bond acceptors (Lipinski definition) is 3. The fourth-order valence-corrected chi connectivity index (χ4v) is 1.79. The lowest BCUT2D eigenvalue weighted by Gasteiger charge is -2.31. The highest BCUT2D eigenvalue weighted by Gasteiger charge is 2.31. The molecule has 16 heavy (non-hydrogen) atoms. The molecule has 90 valence electrons. The average molecular weight is 223 g/mol. The Morgan fingerprint density at radius 3 is 2.25 bits per heavy atom. The van der Waals surface area contributed by atoms with Gasteiger partial charge in [-0.15, -0.1) is 0 Å². The second kappa shape index (κ2) is 6.63. The molecule has 3 heteroatoms. The van der Waals surface area contributed by atoms with E-state index in [1.54, 1.807) is 14.2 Å². The first-order valence-electron chi connectivity index (χ1n) is 5.65. The van der Waals surface area contributed by atoms with Crippen molar-refractivity contribution in [3.05, 3.63) is 35.9 Å². The van der Waals surface area contributed by atoms with E-state index in [0.29, 0.717) is 0 Å². The zero-order valence-electron chi connectivity index (χ0n) is 10.3. The normalized spacial score (nSPS) is 11.7. The average Bonchev–Trinajstić information content (AvgIpc) is 2.36. The van der Waals surface area contributed by atoms with Gasteiger partial charge in [-0.3, -0.25) is 0 Å². The Hall–Kier alpha value is -0.900. The summed E-state index contributed by atoms with van der Waals surface area (Å²) in [5, 5.41) is 3.28. The third-order valence-electron chi connectivity index (χ3n) is 2.75. The topological polar surface area (TPSA) is 30.5 Å². The van der Waals surface area contributed by atoms with Crippen LogP contribution in [-0.4, -0.2) is 27.3 Å². The van der Waals surface area contributed by atoms with E-state index in [-0.39, 0.29) is 0 Å². The minimum atomic E-state index is -0.635. The fraction of sp³-hybridized carbons (Fsp3) is 0.538. The molecule has 0 bridgehead atoms. The molecule has 0 aliphatic heterocycles. The Bertz CT molecular complexity index is 283. The highest BCUT2D eigenvalue weighted by atomic mass is 16.7. The molecule has 1 aromatic rings. The van der Waals surface area contributed by atoms with Gasteiger partial charge in [-0.2, -0.15) is 0 Å². The summed E-state index contributed by atoms with van der Waals surface area (Å²) in [5.74, 6) is -0.635. The van der Waals surface area contributed by atoms with Gasteiger partial charge in [0.05, 0.1) is 0 Å². The molecule has 0 radical (unpaired) electrons. The van der Waals surface area contributed by atoms with Crippen LogP contribution in [0.5, 0.6) is 0 Å². The van der Waals surface area contributed by atoms with Crippen molar-refractivity contribution in [2.24, 2.45) is 0 Å². The molecule has 0 amide bonds. The number of benzene rings is 1. The van der Waals surface area contributed by atoms with E-state index in [0.717, 1.165) is 25.1 Å². The van der Waals surface area contributed by atoms with Crippen molar-refractivity contribution in [2.45, 2.75) is 19.1 Å². The van der Waals surface area contributed by atoms with Crippen LogP contribution in [0.4, 0.5) is 0 Å². The van der Waals surface area contributed by atoms with E-state index in [9.17, 15) is 0 Å². The van der Waals surface area contributed by atoms with Gasteiger partial charge < -0.3 is 14.8 Å². The van der Waals surface area contributed by atoms with E-state index in [1.165, 1.54) is 0 Å². The maximum Gasteiger partial charge on any atom is 0.195 e. The van der Waals surface area contributed by atoms with Crippen molar-refractivity contribution in [3.63, 3.8) is 0 Å². The van der Waals surface area contributed by atoms with Gasteiger partial charge in [-0.1, -0.05) is 37.3 Å². The Kier molecular flexibility index (Phi) is 5.46.